The Morgan fingerprint density at radius 3 is 2.42 bits per heavy atom. The van der Waals surface area contributed by atoms with Crippen LogP contribution in [0.2, 0.25) is 0 Å². The number of thiophene rings is 1. The Labute approximate surface area is 84.0 Å². The van der Waals surface area contributed by atoms with Crippen LogP contribution in [-0.2, 0) is 0 Å². The minimum atomic E-state index is 1.12. The summed E-state index contributed by atoms with van der Waals surface area (Å²) in [5.41, 5.74) is 1.25. The molecule has 2 rings (SSSR count). The second-order valence-corrected chi connectivity index (χ2v) is 4.22. The highest BCUT2D eigenvalue weighted by atomic mass is 79.9. The zero-order chi connectivity index (χ0) is 8.39. The SMILES string of the molecule is Brc1ccc(-c2cc[c]s2)cc1. The van der Waals surface area contributed by atoms with Crippen molar-refractivity contribution in [3.8, 4) is 10.4 Å². The lowest BCUT2D eigenvalue weighted by Gasteiger charge is -1.95. The van der Waals surface area contributed by atoms with Crippen LogP contribution in [0.15, 0.2) is 40.9 Å². The van der Waals surface area contributed by atoms with E-state index in [-0.39, 0.29) is 0 Å². The quantitative estimate of drug-likeness (QED) is 0.704. The van der Waals surface area contributed by atoms with E-state index in [9.17, 15) is 0 Å². The van der Waals surface area contributed by atoms with Gasteiger partial charge in [0, 0.05) is 14.7 Å². The molecular weight excluding hydrogens is 232 g/mol. The zero-order valence-corrected chi connectivity index (χ0v) is 8.65. The summed E-state index contributed by atoms with van der Waals surface area (Å²) < 4.78 is 1.12. The molecule has 0 aliphatic heterocycles. The van der Waals surface area contributed by atoms with Gasteiger partial charge in [-0.2, -0.15) is 0 Å². The first-order valence-corrected chi connectivity index (χ1v) is 5.19. The Hall–Kier alpha value is -0.600. The standard InChI is InChI=1S/C10H6BrS/c11-9-5-3-8(4-6-9)10-2-1-7-12-10/h1-6H. The van der Waals surface area contributed by atoms with E-state index < -0.39 is 0 Å². The molecule has 0 spiro atoms. The Kier molecular flexibility index (Phi) is 2.28. The third-order valence-electron chi connectivity index (χ3n) is 1.60. The summed E-state index contributed by atoms with van der Waals surface area (Å²) in [6, 6.07) is 12.3. The van der Waals surface area contributed by atoms with Gasteiger partial charge < -0.3 is 0 Å². The second-order valence-electron chi connectivity index (χ2n) is 2.42. The minimum absolute atomic E-state index is 1.12. The molecule has 0 N–H and O–H groups in total. The molecule has 1 radical (unpaired) electrons. The molecule has 1 aromatic carbocycles. The Morgan fingerprint density at radius 2 is 1.83 bits per heavy atom. The maximum atomic E-state index is 3.40. The van der Waals surface area contributed by atoms with Crippen LogP contribution in [0, 0.1) is 5.38 Å². The highest BCUT2D eigenvalue weighted by Gasteiger charge is 1.96. The van der Waals surface area contributed by atoms with Crippen molar-refractivity contribution in [3.05, 3.63) is 46.3 Å². The molecule has 2 aromatic rings. The number of rotatable bonds is 1. The van der Waals surface area contributed by atoms with Crippen LogP contribution in [0.4, 0.5) is 0 Å². The molecule has 0 bridgehead atoms. The van der Waals surface area contributed by atoms with Gasteiger partial charge in [0.2, 0.25) is 0 Å². The van der Waals surface area contributed by atoms with Crippen molar-refractivity contribution in [3.63, 3.8) is 0 Å². The van der Waals surface area contributed by atoms with Crippen LogP contribution in [0.25, 0.3) is 10.4 Å². The fraction of sp³-hybridized carbons (Fsp3) is 0. The zero-order valence-electron chi connectivity index (χ0n) is 6.25. The van der Waals surface area contributed by atoms with E-state index >= 15 is 0 Å². The molecule has 59 valence electrons. The highest BCUT2D eigenvalue weighted by molar-refractivity contribution is 9.10. The first-order chi connectivity index (χ1) is 5.86. The van der Waals surface area contributed by atoms with E-state index in [1.54, 1.807) is 11.3 Å². The lowest BCUT2D eigenvalue weighted by Crippen LogP contribution is -1.69. The molecule has 0 nitrogen and oxygen atoms in total. The molecule has 0 aliphatic rings. The van der Waals surface area contributed by atoms with Gasteiger partial charge in [0.05, 0.1) is 0 Å². The maximum absolute atomic E-state index is 3.40. The Morgan fingerprint density at radius 1 is 1.08 bits per heavy atom. The fourth-order valence-corrected chi connectivity index (χ4v) is 1.93. The molecule has 0 atom stereocenters. The van der Waals surface area contributed by atoms with E-state index in [0.29, 0.717) is 0 Å². The number of benzene rings is 1. The molecule has 2 heteroatoms. The summed E-state index contributed by atoms with van der Waals surface area (Å²) in [5.74, 6) is 0. The molecular formula is C10H6BrS. The molecule has 0 saturated heterocycles. The van der Waals surface area contributed by atoms with Crippen LogP contribution in [-0.4, -0.2) is 0 Å². The minimum Gasteiger partial charge on any atom is -0.134 e. The van der Waals surface area contributed by atoms with Crippen molar-refractivity contribution >= 4 is 27.3 Å². The van der Waals surface area contributed by atoms with Crippen LogP contribution in [0.5, 0.6) is 0 Å². The maximum Gasteiger partial charge on any atom is 0.0449 e. The van der Waals surface area contributed by atoms with Gasteiger partial charge in [0.15, 0.2) is 0 Å². The molecule has 0 saturated carbocycles. The van der Waals surface area contributed by atoms with Crippen LogP contribution >= 0.6 is 27.3 Å². The molecule has 12 heavy (non-hydrogen) atoms. The number of halogens is 1. The summed E-state index contributed by atoms with van der Waals surface area (Å²) in [4.78, 5) is 1.27. The molecule has 1 aromatic heterocycles. The molecule has 0 aliphatic carbocycles. The summed E-state index contributed by atoms with van der Waals surface area (Å²) in [5, 5.41) is 3.07. The second kappa shape index (κ2) is 3.42. The van der Waals surface area contributed by atoms with E-state index in [4.69, 9.17) is 0 Å². The van der Waals surface area contributed by atoms with Crippen LogP contribution in [0.1, 0.15) is 0 Å². The smallest absolute Gasteiger partial charge is 0.0449 e. The van der Waals surface area contributed by atoms with Gasteiger partial charge in [-0.15, -0.1) is 11.3 Å². The summed E-state index contributed by atoms with van der Waals surface area (Å²) in [6.07, 6.45) is 0. The molecule has 0 amide bonds. The van der Waals surface area contributed by atoms with Gasteiger partial charge in [-0.05, 0) is 29.8 Å². The van der Waals surface area contributed by atoms with Gasteiger partial charge in [-0.25, -0.2) is 0 Å². The molecule has 0 fully saturated rings. The molecule has 1 heterocycles. The first-order valence-electron chi connectivity index (χ1n) is 3.58. The Balaban J connectivity index is 2.43. The van der Waals surface area contributed by atoms with Gasteiger partial charge in [-0.1, -0.05) is 28.1 Å². The average molecular weight is 238 g/mol. The first kappa shape index (κ1) is 8.02. The van der Waals surface area contributed by atoms with Gasteiger partial charge in [-0.3, -0.25) is 0 Å². The summed E-state index contributed by atoms with van der Waals surface area (Å²) in [7, 11) is 0. The molecule has 0 unspecified atom stereocenters. The summed E-state index contributed by atoms with van der Waals surface area (Å²) >= 11 is 5.05. The van der Waals surface area contributed by atoms with Crippen molar-refractivity contribution < 1.29 is 0 Å². The van der Waals surface area contributed by atoms with Crippen LogP contribution in [0.3, 0.4) is 0 Å². The number of hydrogen-bond donors (Lipinski definition) is 0. The normalized spacial score (nSPS) is 10.1. The third-order valence-corrected chi connectivity index (χ3v) is 2.97. The van der Waals surface area contributed by atoms with Crippen molar-refractivity contribution in [1.82, 2.24) is 0 Å². The van der Waals surface area contributed by atoms with E-state index in [1.165, 1.54) is 10.4 Å². The van der Waals surface area contributed by atoms with Gasteiger partial charge >= 0.3 is 0 Å². The van der Waals surface area contributed by atoms with E-state index in [0.717, 1.165) is 4.47 Å². The third kappa shape index (κ3) is 1.59. The largest absolute Gasteiger partial charge is 0.134 e. The van der Waals surface area contributed by atoms with Gasteiger partial charge in [0.25, 0.3) is 0 Å². The summed E-state index contributed by atoms with van der Waals surface area (Å²) in [6.45, 7) is 0. The monoisotopic (exact) mass is 237 g/mol. The lowest BCUT2D eigenvalue weighted by molar-refractivity contribution is 1.65. The van der Waals surface area contributed by atoms with Crippen LogP contribution < -0.4 is 0 Å². The highest BCUT2D eigenvalue weighted by Crippen LogP contribution is 2.25. The van der Waals surface area contributed by atoms with E-state index in [2.05, 4.69) is 51.6 Å². The van der Waals surface area contributed by atoms with Gasteiger partial charge in [0.1, 0.15) is 0 Å². The van der Waals surface area contributed by atoms with Crippen molar-refractivity contribution in [2.24, 2.45) is 0 Å². The predicted molar refractivity (Wildman–Crippen MR) is 56.3 cm³/mol. The predicted octanol–water partition coefficient (Wildman–Crippen LogP) is 3.98. The average Bonchev–Trinajstić information content (AvgIpc) is 2.58. The van der Waals surface area contributed by atoms with E-state index in [1.807, 2.05) is 6.07 Å². The Bertz CT molecular complexity index is 348. The van der Waals surface area contributed by atoms with Crippen molar-refractivity contribution in [2.45, 2.75) is 0 Å². The lowest BCUT2D eigenvalue weighted by atomic mass is 10.2. The van der Waals surface area contributed by atoms with Crippen molar-refractivity contribution in [2.75, 3.05) is 0 Å². The van der Waals surface area contributed by atoms with Crippen molar-refractivity contribution in [1.29, 1.82) is 0 Å². The topological polar surface area (TPSA) is 0 Å². The number of hydrogen-bond acceptors (Lipinski definition) is 1. The fourth-order valence-electron chi connectivity index (χ4n) is 1.01.